The maximum absolute atomic E-state index is 13.4. The first-order valence-electron chi connectivity index (χ1n) is 9.77. The van der Waals surface area contributed by atoms with Gasteiger partial charge in [0.25, 0.3) is 0 Å². The normalized spacial score (nSPS) is 25.5. The number of carbonyl (C=O) groups is 2. The molecule has 0 radical (unpaired) electrons. The fourth-order valence-electron chi connectivity index (χ4n) is 4.64. The Kier molecular flexibility index (Phi) is 5.47. The Morgan fingerprint density at radius 1 is 1.03 bits per heavy atom. The van der Waals surface area contributed by atoms with Gasteiger partial charge in [0.2, 0.25) is 0 Å². The molecule has 7 nitrogen and oxygen atoms in total. The van der Waals surface area contributed by atoms with Gasteiger partial charge in [-0.25, -0.2) is 4.79 Å². The van der Waals surface area contributed by atoms with Crippen LogP contribution in [0.15, 0.2) is 42.5 Å². The van der Waals surface area contributed by atoms with Crippen molar-refractivity contribution < 1.29 is 40.8 Å². The number of alkyl halides is 2. The molecule has 166 valence electrons. The summed E-state index contributed by atoms with van der Waals surface area (Å²) in [6.45, 7) is 0.104. The quantitative estimate of drug-likeness (QED) is 0.527. The summed E-state index contributed by atoms with van der Waals surface area (Å²) in [6, 6.07) is 13.4. The molecule has 0 heterocycles. The summed E-state index contributed by atoms with van der Waals surface area (Å²) in [5, 5.41) is -3.01. The first kappa shape index (κ1) is 21.6. The molecule has 0 spiro atoms. The maximum atomic E-state index is 13.4. The Bertz CT molecular complexity index is 1130. The topological polar surface area (TPSA) is 107 Å². The smallest absolute Gasteiger partial charge is 0.461 e. The minimum absolute atomic E-state index is 0.104. The van der Waals surface area contributed by atoms with Crippen LogP contribution in [0.3, 0.4) is 0 Å². The lowest BCUT2D eigenvalue weighted by Gasteiger charge is -2.27. The van der Waals surface area contributed by atoms with Crippen molar-refractivity contribution in [3.8, 4) is 0 Å². The van der Waals surface area contributed by atoms with Gasteiger partial charge in [-0.15, -0.1) is 0 Å². The summed E-state index contributed by atoms with van der Waals surface area (Å²) < 4.78 is 66.9. The van der Waals surface area contributed by atoms with Gasteiger partial charge in [-0.05, 0) is 47.4 Å². The molecule has 10 heteroatoms. The Labute approximate surface area is 177 Å². The molecule has 2 saturated carbocycles. The Balaban J connectivity index is 1.35. The van der Waals surface area contributed by atoms with Crippen molar-refractivity contribution in [2.75, 3.05) is 0 Å². The van der Waals surface area contributed by atoms with Gasteiger partial charge in [0.1, 0.15) is 12.7 Å². The Morgan fingerprint density at radius 2 is 1.74 bits per heavy atom. The van der Waals surface area contributed by atoms with Crippen LogP contribution in [0.2, 0.25) is 0 Å². The van der Waals surface area contributed by atoms with Crippen LogP contribution < -0.4 is 0 Å². The van der Waals surface area contributed by atoms with Crippen LogP contribution in [0.25, 0.3) is 10.8 Å². The molecule has 2 aromatic carbocycles. The van der Waals surface area contributed by atoms with E-state index in [4.69, 9.17) is 9.29 Å². The SMILES string of the molecule is O=C(OCc1cccc2ccccc12)C1CC2CC1CC2OC(=O)C(F)(F)S(=O)(=O)O. The second-order valence-corrected chi connectivity index (χ2v) is 9.48. The third-order valence-corrected chi connectivity index (χ3v) is 6.98. The van der Waals surface area contributed by atoms with Crippen molar-refractivity contribution in [3.63, 3.8) is 0 Å². The fraction of sp³-hybridized carbons (Fsp3) is 0.429. The number of hydrogen-bond acceptors (Lipinski definition) is 6. The Hall–Kier alpha value is -2.59. The predicted octanol–water partition coefficient (Wildman–Crippen LogP) is 3.32. The van der Waals surface area contributed by atoms with Crippen LogP contribution in [0.4, 0.5) is 8.78 Å². The molecule has 0 amide bonds. The van der Waals surface area contributed by atoms with E-state index in [2.05, 4.69) is 4.74 Å². The van der Waals surface area contributed by atoms with Gasteiger partial charge < -0.3 is 9.47 Å². The zero-order valence-corrected chi connectivity index (χ0v) is 17.1. The molecule has 2 aliphatic carbocycles. The van der Waals surface area contributed by atoms with Gasteiger partial charge >= 0.3 is 27.3 Å². The van der Waals surface area contributed by atoms with E-state index >= 15 is 0 Å². The number of halogens is 2. The van der Waals surface area contributed by atoms with E-state index in [1.54, 1.807) is 0 Å². The average Bonchev–Trinajstić information content (AvgIpc) is 3.31. The number of benzene rings is 2. The molecule has 31 heavy (non-hydrogen) atoms. The van der Waals surface area contributed by atoms with Gasteiger partial charge in [-0.2, -0.15) is 17.2 Å². The summed E-state index contributed by atoms with van der Waals surface area (Å²) in [7, 11) is -5.91. The number of hydrogen-bond donors (Lipinski definition) is 1. The second-order valence-electron chi connectivity index (χ2n) is 8.02. The van der Waals surface area contributed by atoms with E-state index in [0.717, 1.165) is 16.3 Å². The van der Waals surface area contributed by atoms with Gasteiger partial charge in [0.05, 0.1) is 5.92 Å². The molecule has 0 aromatic heterocycles. The highest BCUT2D eigenvalue weighted by molar-refractivity contribution is 7.87. The van der Waals surface area contributed by atoms with E-state index in [1.807, 2.05) is 42.5 Å². The monoisotopic (exact) mass is 454 g/mol. The molecule has 4 rings (SSSR count). The van der Waals surface area contributed by atoms with Gasteiger partial charge in [-0.1, -0.05) is 42.5 Å². The van der Waals surface area contributed by atoms with Crippen LogP contribution in [-0.2, 0) is 35.8 Å². The first-order chi connectivity index (χ1) is 14.6. The summed E-state index contributed by atoms with van der Waals surface area (Å²) >= 11 is 0. The summed E-state index contributed by atoms with van der Waals surface area (Å²) in [5.74, 6) is -3.68. The lowest BCUT2D eigenvalue weighted by atomic mass is 9.87. The third-order valence-electron chi connectivity index (χ3n) is 6.16. The minimum atomic E-state index is -5.91. The lowest BCUT2D eigenvalue weighted by molar-refractivity contribution is -0.170. The van der Waals surface area contributed by atoms with Crippen LogP contribution in [-0.4, -0.2) is 36.3 Å². The van der Waals surface area contributed by atoms with Gasteiger partial charge in [0.15, 0.2) is 0 Å². The van der Waals surface area contributed by atoms with Crippen LogP contribution in [0.1, 0.15) is 24.8 Å². The number of rotatable bonds is 6. The number of ether oxygens (including phenoxy) is 2. The van der Waals surface area contributed by atoms with Crippen molar-refractivity contribution in [3.05, 3.63) is 48.0 Å². The molecule has 0 saturated heterocycles. The van der Waals surface area contributed by atoms with E-state index < -0.39 is 39.3 Å². The molecular weight excluding hydrogens is 434 g/mol. The van der Waals surface area contributed by atoms with Crippen molar-refractivity contribution in [1.82, 2.24) is 0 Å². The van der Waals surface area contributed by atoms with E-state index in [-0.39, 0.29) is 24.9 Å². The van der Waals surface area contributed by atoms with Gasteiger partial charge in [0, 0.05) is 0 Å². The molecule has 4 unspecified atom stereocenters. The molecule has 0 aliphatic heterocycles. The van der Waals surface area contributed by atoms with Crippen molar-refractivity contribution in [2.45, 2.75) is 37.2 Å². The number of carbonyl (C=O) groups excluding carboxylic acids is 2. The van der Waals surface area contributed by atoms with Crippen LogP contribution >= 0.6 is 0 Å². The summed E-state index contributed by atoms with van der Waals surface area (Å²) in [5.41, 5.74) is 0.869. The highest BCUT2D eigenvalue weighted by atomic mass is 32.2. The highest BCUT2D eigenvalue weighted by Crippen LogP contribution is 2.50. The number of esters is 2. The standard InChI is InChI=1S/C21H20F2O7S/c22-21(23,31(26,27)28)20(25)30-18-10-14-8-15(18)9-17(14)19(24)29-11-13-6-3-5-12-4-1-2-7-16(12)13/h1-7,14-15,17-18H,8-11H2,(H,26,27,28). The molecule has 2 aromatic rings. The zero-order chi connectivity index (χ0) is 22.4. The Morgan fingerprint density at radius 3 is 2.42 bits per heavy atom. The molecule has 2 bridgehead atoms. The number of fused-ring (bicyclic) bond motifs is 3. The maximum Gasteiger partial charge on any atom is 0.465 e. The molecule has 2 fully saturated rings. The van der Waals surface area contributed by atoms with Crippen LogP contribution in [0, 0.1) is 17.8 Å². The molecule has 2 aliphatic rings. The van der Waals surface area contributed by atoms with E-state index in [9.17, 15) is 26.8 Å². The molecule has 4 atom stereocenters. The average molecular weight is 454 g/mol. The second kappa shape index (κ2) is 7.83. The predicted molar refractivity (Wildman–Crippen MR) is 104 cm³/mol. The largest absolute Gasteiger partial charge is 0.465 e. The van der Waals surface area contributed by atoms with Crippen molar-refractivity contribution in [1.29, 1.82) is 0 Å². The fourth-order valence-corrected chi connectivity index (χ4v) is 4.90. The first-order valence-corrected chi connectivity index (χ1v) is 11.2. The van der Waals surface area contributed by atoms with Gasteiger partial charge in [-0.3, -0.25) is 9.35 Å². The van der Waals surface area contributed by atoms with E-state index in [0.29, 0.717) is 12.8 Å². The summed E-state index contributed by atoms with van der Waals surface area (Å²) in [4.78, 5) is 24.1. The van der Waals surface area contributed by atoms with Crippen LogP contribution in [0.5, 0.6) is 0 Å². The van der Waals surface area contributed by atoms with Crippen molar-refractivity contribution in [2.24, 2.45) is 17.8 Å². The molecule has 1 N–H and O–H groups in total. The van der Waals surface area contributed by atoms with E-state index in [1.165, 1.54) is 0 Å². The lowest BCUT2D eigenvalue weighted by Crippen LogP contribution is -2.42. The summed E-state index contributed by atoms with van der Waals surface area (Å²) in [6.07, 6.45) is 0.0244. The highest BCUT2D eigenvalue weighted by Gasteiger charge is 2.57. The molecular formula is C21H20F2O7S. The zero-order valence-electron chi connectivity index (χ0n) is 16.2. The minimum Gasteiger partial charge on any atom is -0.461 e. The third kappa shape index (κ3) is 4.01. The van der Waals surface area contributed by atoms with Crippen molar-refractivity contribution >= 4 is 32.8 Å².